The SMILES string of the molecule is CCc1ncc(C(=O)N2C[C@H](C(C)C)Nc3ccccc32)[nH]1. The molecule has 3 rings (SSSR count). The van der Waals surface area contributed by atoms with Crippen molar-refractivity contribution in [2.24, 2.45) is 5.92 Å². The number of imidazole rings is 1. The Balaban J connectivity index is 1.95. The van der Waals surface area contributed by atoms with Crippen molar-refractivity contribution in [1.82, 2.24) is 9.97 Å². The fourth-order valence-electron chi connectivity index (χ4n) is 2.74. The summed E-state index contributed by atoms with van der Waals surface area (Å²) in [6.45, 7) is 7.01. The van der Waals surface area contributed by atoms with Crippen LogP contribution < -0.4 is 10.2 Å². The fraction of sp³-hybridized carbons (Fsp3) is 0.412. The van der Waals surface area contributed by atoms with Gasteiger partial charge in [0.15, 0.2) is 0 Å². The third kappa shape index (κ3) is 2.58. The summed E-state index contributed by atoms with van der Waals surface area (Å²) in [5.41, 5.74) is 2.49. The van der Waals surface area contributed by atoms with Crippen LogP contribution in [0.25, 0.3) is 0 Å². The van der Waals surface area contributed by atoms with Crippen LogP contribution in [-0.4, -0.2) is 28.5 Å². The second kappa shape index (κ2) is 5.83. The van der Waals surface area contributed by atoms with Crippen LogP contribution in [0.4, 0.5) is 11.4 Å². The molecule has 22 heavy (non-hydrogen) atoms. The van der Waals surface area contributed by atoms with E-state index in [1.165, 1.54) is 0 Å². The molecule has 0 aliphatic carbocycles. The number of aromatic nitrogens is 2. The number of H-pyrrole nitrogens is 1. The minimum atomic E-state index is -0.0215. The third-order valence-electron chi connectivity index (χ3n) is 4.16. The van der Waals surface area contributed by atoms with E-state index in [4.69, 9.17) is 0 Å². The van der Waals surface area contributed by atoms with E-state index in [0.29, 0.717) is 18.2 Å². The Hall–Kier alpha value is -2.30. The number of hydrogen-bond acceptors (Lipinski definition) is 3. The molecule has 5 heteroatoms. The second-order valence-electron chi connectivity index (χ2n) is 6.02. The van der Waals surface area contributed by atoms with Gasteiger partial charge >= 0.3 is 0 Å². The van der Waals surface area contributed by atoms with Crippen LogP contribution in [0.1, 0.15) is 37.1 Å². The lowest BCUT2D eigenvalue weighted by Gasteiger charge is -2.37. The van der Waals surface area contributed by atoms with E-state index in [1.807, 2.05) is 36.1 Å². The van der Waals surface area contributed by atoms with Crippen molar-refractivity contribution >= 4 is 17.3 Å². The lowest BCUT2D eigenvalue weighted by Crippen LogP contribution is -2.47. The first-order valence-electron chi connectivity index (χ1n) is 7.81. The van der Waals surface area contributed by atoms with E-state index < -0.39 is 0 Å². The molecule has 1 amide bonds. The zero-order valence-electron chi connectivity index (χ0n) is 13.3. The number of rotatable bonds is 3. The number of carbonyl (C=O) groups excluding carboxylic acids is 1. The average molecular weight is 298 g/mol. The molecule has 1 aliphatic rings. The van der Waals surface area contributed by atoms with Crippen molar-refractivity contribution < 1.29 is 4.79 Å². The number of carbonyl (C=O) groups is 1. The number of fused-ring (bicyclic) bond motifs is 1. The highest BCUT2D eigenvalue weighted by Gasteiger charge is 2.30. The van der Waals surface area contributed by atoms with Crippen LogP contribution >= 0.6 is 0 Å². The number of para-hydroxylation sites is 2. The summed E-state index contributed by atoms with van der Waals surface area (Å²) in [5.74, 6) is 1.26. The van der Waals surface area contributed by atoms with Crippen LogP contribution in [0.15, 0.2) is 30.5 Å². The van der Waals surface area contributed by atoms with Gasteiger partial charge in [-0.05, 0) is 18.1 Å². The van der Waals surface area contributed by atoms with Gasteiger partial charge in [-0.3, -0.25) is 4.79 Å². The average Bonchev–Trinajstić information content (AvgIpc) is 3.02. The van der Waals surface area contributed by atoms with E-state index in [9.17, 15) is 4.79 Å². The van der Waals surface area contributed by atoms with Crippen LogP contribution in [0.3, 0.4) is 0 Å². The molecule has 0 fully saturated rings. The van der Waals surface area contributed by atoms with Gasteiger partial charge in [0.25, 0.3) is 5.91 Å². The molecule has 1 aliphatic heterocycles. The molecule has 0 spiro atoms. The molecule has 0 saturated heterocycles. The van der Waals surface area contributed by atoms with Crippen molar-refractivity contribution in [3.63, 3.8) is 0 Å². The molecule has 0 bridgehead atoms. The molecule has 0 saturated carbocycles. The zero-order valence-corrected chi connectivity index (χ0v) is 13.3. The molecular weight excluding hydrogens is 276 g/mol. The van der Waals surface area contributed by atoms with Gasteiger partial charge in [0.1, 0.15) is 11.5 Å². The maximum Gasteiger partial charge on any atom is 0.276 e. The maximum absolute atomic E-state index is 12.9. The van der Waals surface area contributed by atoms with E-state index >= 15 is 0 Å². The topological polar surface area (TPSA) is 61.0 Å². The Bertz CT molecular complexity index is 677. The highest BCUT2D eigenvalue weighted by Crippen LogP contribution is 2.33. The number of anilines is 2. The van der Waals surface area contributed by atoms with Gasteiger partial charge in [-0.1, -0.05) is 32.9 Å². The summed E-state index contributed by atoms with van der Waals surface area (Å²) in [7, 11) is 0. The summed E-state index contributed by atoms with van der Waals surface area (Å²) < 4.78 is 0. The van der Waals surface area contributed by atoms with Gasteiger partial charge in [0.2, 0.25) is 0 Å². The fourth-order valence-corrected chi connectivity index (χ4v) is 2.74. The number of amides is 1. The molecule has 0 unspecified atom stereocenters. The Labute approximate surface area is 130 Å². The minimum Gasteiger partial charge on any atom is -0.379 e. The van der Waals surface area contributed by atoms with Crippen molar-refractivity contribution in [3.05, 3.63) is 42.0 Å². The van der Waals surface area contributed by atoms with Crippen molar-refractivity contribution in [3.8, 4) is 0 Å². The van der Waals surface area contributed by atoms with Gasteiger partial charge in [-0.25, -0.2) is 4.98 Å². The number of nitrogens with zero attached hydrogens (tertiary/aromatic N) is 2. The minimum absolute atomic E-state index is 0.0215. The van der Waals surface area contributed by atoms with Crippen LogP contribution in [0.5, 0.6) is 0 Å². The largest absolute Gasteiger partial charge is 0.379 e. The molecule has 1 aromatic carbocycles. The first kappa shape index (κ1) is 14.6. The first-order chi connectivity index (χ1) is 10.6. The molecule has 1 atom stereocenters. The van der Waals surface area contributed by atoms with Gasteiger partial charge in [-0.15, -0.1) is 0 Å². The predicted molar refractivity (Wildman–Crippen MR) is 88.3 cm³/mol. The van der Waals surface area contributed by atoms with Crippen LogP contribution in [0, 0.1) is 5.92 Å². The van der Waals surface area contributed by atoms with Gasteiger partial charge in [-0.2, -0.15) is 0 Å². The van der Waals surface area contributed by atoms with Crippen molar-refractivity contribution in [2.75, 3.05) is 16.8 Å². The third-order valence-corrected chi connectivity index (χ3v) is 4.16. The zero-order chi connectivity index (χ0) is 15.7. The van der Waals surface area contributed by atoms with Crippen molar-refractivity contribution in [1.29, 1.82) is 0 Å². The first-order valence-corrected chi connectivity index (χ1v) is 7.81. The van der Waals surface area contributed by atoms with Crippen LogP contribution in [-0.2, 0) is 6.42 Å². The predicted octanol–water partition coefficient (Wildman–Crippen LogP) is 3.07. The summed E-state index contributed by atoms with van der Waals surface area (Å²) in [4.78, 5) is 22.1. The van der Waals surface area contributed by atoms with Gasteiger partial charge < -0.3 is 15.2 Å². The van der Waals surface area contributed by atoms with E-state index in [-0.39, 0.29) is 11.9 Å². The van der Waals surface area contributed by atoms with Gasteiger partial charge in [0.05, 0.1) is 17.6 Å². The molecular formula is C17H22N4O. The van der Waals surface area contributed by atoms with Crippen LogP contribution in [0.2, 0.25) is 0 Å². The Kier molecular flexibility index (Phi) is 3.88. The number of benzene rings is 1. The summed E-state index contributed by atoms with van der Waals surface area (Å²) in [6, 6.07) is 8.19. The molecule has 1 aromatic heterocycles. The Morgan fingerprint density at radius 3 is 2.86 bits per heavy atom. The Morgan fingerprint density at radius 1 is 1.41 bits per heavy atom. The number of nitrogens with one attached hydrogen (secondary N) is 2. The van der Waals surface area contributed by atoms with E-state index in [0.717, 1.165) is 23.6 Å². The van der Waals surface area contributed by atoms with E-state index in [2.05, 4.69) is 29.1 Å². The highest BCUT2D eigenvalue weighted by atomic mass is 16.2. The second-order valence-corrected chi connectivity index (χ2v) is 6.02. The lowest BCUT2D eigenvalue weighted by atomic mass is 9.99. The summed E-state index contributed by atoms with van der Waals surface area (Å²) in [6.07, 6.45) is 2.43. The monoisotopic (exact) mass is 298 g/mol. The number of hydrogen-bond donors (Lipinski definition) is 2. The quantitative estimate of drug-likeness (QED) is 0.915. The molecule has 0 radical (unpaired) electrons. The summed E-state index contributed by atoms with van der Waals surface area (Å²) >= 11 is 0. The lowest BCUT2D eigenvalue weighted by molar-refractivity contribution is 0.0979. The highest BCUT2D eigenvalue weighted by molar-refractivity contribution is 6.07. The number of aryl methyl sites for hydroxylation is 1. The molecule has 2 N–H and O–H groups in total. The standard InChI is InChI=1S/C17H22N4O/c1-4-16-18-9-13(20-16)17(22)21-10-14(11(2)3)19-12-7-5-6-8-15(12)21/h5-9,11,14,19H,4,10H2,1-3H3,(H,18,20)/t14-/m1/s1. The van der Waals surface area contributed by atoms with Gasteiger partial charge in [0, 0.05) is 19.0 Å². The molecule has 2 aromatic rings. The molecule has 116 valence electrons. The molecule has 2 heterocycles. The van der Waals surface area contributed by atoms with E-state index in [1.54, 1.807) is 6.20 Å². The summed E-state index contributed by atoms with van der Waals surface area (Å²) in [5, 5.41) is 3.53. The molecule has 5 nitrogen and oxygen atoms in total. The smallest absolute Gasteiger partial charge is 0.276 e. The van der Waals surface area contributed by atoms with Crippen molar-refractivity contribution in [2.45, 2.75) is 33.2 Å². The number of aromatic amines is 1. The maximum atomic E-state index is 12.9. The Morgan fingerprint density at radius 2 is 2.18 bits per heavy atom. The normalized spacial score (nSPS) is 17.3.